The molecule has 1 aromatic carbocycles. The Bertz CT molecular complexity index is 439. The Kier molecular flexibility index (Phi) is 3.42. The van der Waals surface area contributed by atoms with Gasteiger partial charge in [-0.05, 0) is 31.2 Å². The van der Waals surface area contributed by atoms with Crippen molar-refractivity contribution in [2.75, 3.05) is 6.54 Å². The molecule has 2 fully saturated rings. The van der Waals surface area contributed by atoms with Crippen LogP contribution in [0.4, 0.5) is 4.79 Å². The van der Waals surface area contributed by atoms with Gasteiger partial charge < -0.3 is 15.4 Å². The Balaban J connectivity index is 1.42. The second-order valence-corrected chi connectivity index (χ2v) is 5.61. The van der Waals surface area contributed by atoms with Gasteiger partial charge in [0.1, 0.15) is 6.61 Å². The van der Waals surface area contributed by atoms with Gasteiger partial charge in [-0.1, -0.05) is 30.3 Å². The summed E-state index contributed by atoms with van der Waals surface area (Å²) in [7, 11) is 0. The molecule has 4 heteroatoms. The first-order chi connectivity index (χ1) is 9.26. The summed E-state index contributed by atoms with van der Waals surface area (Å²) < 4.78 is 5.21. The van der Waals surface area contributed by atoms with E-state index in [0.717, 1.165) is 18.4 Å². The van der Waals surface area contributed by atoms with Crippen molar-refractivity contribution >= 4 is 6.09 Å². The van der Waals surface area contributed by atoms with Crippen molar-refractivity contribution in [3.8, 4) is 0 Å². The zero-order valence-electron chi connectivity index (χ0n) is 11.0. The highest BCUT2D eigenvalue weighted by atomic mass is 16.5. The van der Waals surface area contributed by atoms with Crippen LogP contribution in [0, 0.1) is 0 Å². The van der Waals surface area contributed by atoms with Crippen LogP contribution >= 0.6 is 0 Å². The maximum absolute atomic E-state index is 11.7. The van der Waals surface area contributed by atoms with Gasteiger partial charge in [0.2, 0.25) is 0 Å². The molecular weight excluding hydrogens is 240 g/mol. The average molecular weight is 260 g/mol. The Labute approximate surface area is 113 Å². The summed E-state index contributed by atoms with van der Waals surface area (Å²) in [6.07, 6.45) is 4.48. The number of alkyl carbamates (subject to hydrolysis) is 1. The van der Waals surface area contributed by atoms with Crippen LogP contribution in [0.15, 0.2) is 30.3 Å². The predicted octanol–water partition coefficient (Wildman–Crippen LogP) is 2.20. The SMILES string of the molecule is O=C(NCC12CCC(CC1)N2)OCc1ccccc1. The topological polar surface area (TPSA) is 50.4 Å². The van der Waals surface area contributed by atoms with Crippen molar-refractivity contribution in [1.82, 2.24) is 10.6 Å². The highest BCUT2D eigenvalue weighted by Crippen LogP contribution is 2.36. The fourth-order valence-corrected chi connectivity index (χ4v) is 3.14. The standard InChI is InChI=1S/C15H20N2O2/c18-14(19-10-12-4-2-1-3-5-12)16-11-15-8-6-13(17-15)7-9-15/h1-5,13,17H,6-11H2,(H,16,18). The monoisotopic (exact) mass is 260 g/mol. The van der Waals surface area contributed by atoms with Crippen LogP contribution in [0.1, 0.15) is 31.2 Å². The molecule has 0 saturated carbocycles. The lowest BCUT2D eigenvalue weighted by Gasteiger charge is -2.26. The first-order valence-electron chi connectivity index (χ1n) is 6.98. The van der Waals surface area contributed by atoms with E-state index in [1.54, 1.807) is 0 Å². The lowest BCUT2D eigenvalue weighted by molar-refractivity contribution is 0.136. The van der Waals surface area contributed by atoms with Crippen LogP contribution in [0.3, 0.4) is 0 Å². The third kappa shape index (κ3) is 2.89. The van der Waals surface area contributed by atoms with E-state index in [4.69, 9.17) is 4.74 Å². The molecule has 1 aromatic rings. The summed E-state index contributed by atoms with van der Waals surface area (Å²) in [5.74, 6) is 0. The van der Waals surface area contributed by atoms with Crippen LogP contribution in [0.5, 0.6) is 0 Å². The van der Waals surface area contributed by atoms with E-state index < -0.39 is 0 Å². The van der Waals surface area contributed by atoms with Gasteiger partial charge >= 0.3 is 6.09 Å². The summed E-state index contributed by atoms with van der Waals surface area (Å²) in [6, 6.07) is 10.4. The lowest BCUT2D eigenvalue weighted by atomic mass is 9.88. The largest absolute Gasteiger partial charge is 0.445 e. The van der Waals surface area contributed by atoms with Crippen LogP contribution < -0.4 is 10.6 Å². The maximum atomic E-state index is 11.7. The Morgan fingerprint density at radius 3 is 2.68 bits per heavy atom. The highest BCUT2D eigenvalue weighted by molar-refractivity contribution is 5.67. The quantitative estimate of drug-likeness (QED) is 0.872. The Hall–Kier alpha value is -1.55. The normalized spacial score (nSPS) is 28.3. The third-order valence-corrected chi connectivity index (χ3v) is 4.24. The predicted molar refractivity (Wildman–Crippen MR) is 72.8 cm³/mol. The number of carbonyl (C=O) groups excluding carboxylic acids is 1. The number of fused-ring (bicyclic) bond motifs is 2. The number of hydrogen-bond acceptors (Lipinski definition) is 3. The second-order valence-electron chi connectivity index (χ2n) is 5.61. The molecule has 3 rings (SSSR count). The van der Waals surface area contributed by atoms with Crippen molar-refractivity contribution in [2.24, 2.45) is 0 Å². The molecule has 2 aliphatic rings. The van der Waals surface area contributed by atoms with Crippen LogP contribution in [0.2, 0.25) is 0 Å². The van der Waals surface area contributed by atoms with E-state index in [2.05, 4.69) is 10.6 Å². The highest BCUT2D eigenvalue weighted by Gasteiger charge is 2.44. The lowest BCUT2D eigenvalue weighted by Crippen LogP contribution is -2.47. The van der Waals surface area contributed by atoms with Crippen molar-refractivity contribution in [3.63, 3.8) is 0 Å². The second kappa shape index (κ2) is 5.21. The molecule has 0 atom stereocenters. The first-order valence-corrected chi connectivity index (χ1v) is 6.98. The van der Waals surface area contributed by atoms with E-state index >= 15 is 0 Å². The number of carbonyl (C=O) groups is 1. The molecule has 0 radical (unpaired) electrons. The number of hydrogen-bond donors (Lipinski definition) is 2. The van der Waals surface area contributed by atoms with Crippen LogP contribution in [0.25, 0.3) is 0 Å². The molecule has 102 valence electrons. The summed E-state index contributed by atoms with van der Waals surface area (Å²) in [4.78, 5) is 11.7. The molecule has 19 heavy (non-hydrogen) atoms. The van der Waals surface area contributed by atoms with Gasteiger partial charge in [-0.2, -0.15) is 0 Å². The van der Waals surface area contributed by atoms with Crippen molar-refractivity contribution in [3.05, 3.63) is 35.9 Å². The minimum absolute atomic E-state index is 0.135. The molecule has 1 amide bonds. The molecule has 2 heterocycles. The Morgan fingerprint density at radius 1 is 1.32 bits per heavy atom. The number of ether oxygens (including phenoxy) is 1. The van der Waals surface area contributed by atoms with E-state index in [1.165, 1.54) is 12.8 Å². The molecule has 0 spiro atoms. The van der Waals surface area contributed by atoms with Crippen molar-refractivity contribution in [1.29, 1.82) is 0 Å². The minimum atomic E-state index is -0.324. The number of amides is 1. The molecule has 2 aliphatic heterocycles. The summed E-state index contributed by atoms with van der Waals surface area (Å²) in [6.45, 7) is 1.01. The van der Waals surface area contributed by atoms with Gasteiger partial charge in [0, 0.05) is 18.1 Å². The molecular formula is C15H20N2O2. The van der Waals surface area contributed by atoms with Gasteiger partial charge in [0.15, 0.2) is 0 Å². The third-order valence-electron chi connectivity index (χ3n) is 4.24. The first kappa shape index (κ1) is 12.5. The van der Waals surface area contributed by atoms with Gasteiger partial charge in [0.05, 0.1) is 0 Å². The summed E-state index contributed by atoms with van der Waals surface area (Å²) in [5.41, 5.74) is 1.15. The van der Waals surface area contributed by atoms with E-state index in [1.807, 2.05) is 30.3 Å². The van der Waals surface area contributed by atoms with E-state index in [9.17, 15) is 4.79 Å². The number of nitrogens with one attached hydrogen (secondary N) is 2. The molecule has 4 nitrogen and oxygen atoms in total. The number of rotatable bonds is 4. The molecule has 2 bridgehead atoms. The number of benzene rings is 1. The Morgan fingerprint density at radius 2 is 2.05 bits per heavy atom. The fraction of sp³-hybridized carbons (Fsp3) is 0.533. The molecule has 0 aromatic heterocycles. The van der Waals surface area contributed by atoms with Gasteiger partial charge in [-0.25, -0.2) is 4.79 Å². The zero-order chi connectivity index (χ0) is 13.1. The minimum Gasteiger partial charge on any atom is -0.445 e. The summed E-state index contributed by atoms with van der Waals surface area (Å²) >= 11 is 0. The molecule has 0 aliphatic carbocycles. The van der Waals surface area contributed by atoms with Gasteiger partial charge in [0.25, 0.3) is 0 Å². The van der Waals surface area contributed by atoms with Gasteiger partial charge in [-0.15, -0.1) is 0 Å². The average Bonchev–Trinajstić information content (AvgIpc) is 3.05. The van der Waals surface area contributed by atoms with Crippen LogP contribution in [-0.2, 0) is 11.3 Å². The van der Waals surface area contributed by atoms with Crippen molar-refractivity contribution < 1.29 is 9.53 Å². The smallest absolute Gasteiger partial charge is 0.407 e. The fourth-order valence-electron chi connectivity index (χ4n) is 3.14. The molecule has 2 N–H and O–H groups in total. The zero-order valence-corrected chi connectivity index (χ0v) is 11.0. The molecule has 0 unspecified atom stereocenters. The van der Waals surface area contributed by atoms with Gasteiger partial charge in [-0.3, -0.25) is 0 Å². The van der Waals surface area contributed by atoms with E-state index in [0.29, 0.717) is 19.2 Å². The summed E-state index contributed by atoms with van der Waals surface area (Å²) in [5, 5.41) is 6.49. The molecule has 2 saturated heterocycles. The van der Waals surface area contributed by atoms with E-state index in [-0.39, 0.29) is 11.6 Å². The van der Waals surface area contributed by atoms with Crippen LogP contribution in [-0.4, -0.2) is 24.2 Å². The van der Waals surface area contributed by atoms with Crippen molar-refractivity contribution in [2.45, 2.75) is 43.9 Å². The maximum Gasteiger partial charge on any atom is 0.407 e.